The number of nitrogens with one attached hydrogen (secondary N) is 1. The third kappa shape index (κ3) is 3.60. The van der Waals surface area contributed by atoms with E-state index in [-0.39, 0.29) is 23.0 Å². The lowest BCUT2D eigenvalue weighted by Gasteiger charge is -2.19. The average Bonchev–Trinajstić information content (AvgIpc) is 3.39. The molecule has 174 valence electrons. The molecule has 1 aromatic carbocycles. The Bertz CT molecular complexity index is 1540. The summed E-state index contributed by atoms with van der Waals surface area (Å²) < 4.78 is 30.0. The van der Waals surface area contributed by atoms with Crippen LogP contribution in [0.25, 0.3) is 10.9 Å². The second-order valence-electron chi connectivity index (χ2n) is 8.28. The Kier molecular flexibility index (Phi) is 5.32. The summed E-state index contributed by atoms with van der Waals surface area (Å²) in [5, 5.41) is 3.77. The van der Waals surface area contributed by atoms with E-state index in [0.717, 1.165) is 22.2 Å². The number of hydrogen-bond acceptors (Lipinski definition) is 6. The molecule has 0 saturated heterocycles. The number of amides is 1. The predicted molar refractivity (Wildman–Crippen MR) is 128 cm³/mol. The van der Waals surface area contributed by atoms with E-state index >= 15 is 0 Å². The van der Waals surface area contributed by atoms with E-state index in [1.54, 1.807) is 43.1 Å². The Labute approximate surface area is 197 Å². The molecule has 5 rings (SSSR count). The van der Waals surface area contributed by atoms with Crippen molar-refractivity contribution in [3.8, 4) is 0 Å². The van der Waals surface area contributed by atoms with Crippen molar-refractivity contribution in [1.82, 2.24) is 24.8 Å². The molecule has 0 atom stereocenters. The fourth-order valence-corrected chi connectivity index (χ4v) is 6.09. The molecule has 0 aliphatic carbocycles. The molecule has 1 N–H and O–H groups in total. The molecule has 1 amide bonds. The van der Waals surface area contributed by atoms with Gasteiger partial charge >= 0.3 is 0 Å². The highest BCUT2D eigenvalue weighted by molar-refractivity contribution is 7.93. The van der Waals surface area contributed by atoms with Crippen molar-refractivity contribution in [3.05, 3.63) is 77.3 Å². The van der Waals surface area contributed by atoms with Crippen molar-refractivity contribution < 1.29 is 13.2 Å². The summed E-state index contributed by atoms with van der Waals surface area (Å²) in [5.74, 6) is 0.318. The van der Waals surface area contributed by atoms with Gasteiger partial charge in [-0.2, -0.15) is 0 Å². The van der Waals surface area contributed by atoms with Gasteiger partial charge in [-0.1, -0.05) is 12.1 Å². The Morgan fingerprint density at radius 2 is 1.97 bits per heavy atom. The van der Waals surface area contributed by atoms with Gasteiger partial charge in [0.15, 0.2) is 0 Å². The highest BCUT2D eigenvalue weighted by Gasteiger charge is 2.34. The molecule has 1 aliphatic heterocycles. The quantitative estimate of drug-likeness (QED) is 0.474. The molecule has 1 aliphatic rings. The number of anilines is 1. The number of carbonyl (C=O) groups excluding carboxylic acids is 1. The lowest BCUT2D eigenvalue weighted by molar-refractivity contribution is 0.0942. The van der Waals surface area contributed by atoms with Gasteiger partial charge in [0.2, 0.25) is 0 Å². The Balaban J connectivity index is 1.41. The maximum absolute atomic E-state index is 13.5. The maximum atomic E-state index is 13.5. The number of aryl methyl sites for hydroxylation is 1. The van der Waals surface area contributed by atoms with Crippen LogP contribution in [-0.4, -0.2) is 40.4 Å². The first-order valence-electron chi connectivity index (χ1n) is 10.9. The van der Waals surface area contributed by atoms with E-state index in [0.29, 0.717) is 30.2 Å². The van der Waals surface area contributed by atoms with Crippen molar-refractivity contribution in [3.63, 3.8) is 0 Å². The van der Waals surface area contributed by atoms with Crippen LogP contribution in [0, 0.1) is 13.8 Å². The van der Waals surface area contributed by atoms with E-state index in [1.807, 2.05) is 25.1 Å². The van der Waals surface area contributed by atoms with Gasteiger partial charge in [-0.05, 0) is 43.7 Å². The molecule has 0 unspecified atom stereocenters. The first-order chi connectivity index (χ1) is 16.3. The van der Waals surface area contributed by atoms with Crippen LogP contribution in [0.1, 0.15) is 33.3 Å². The fraction of sp³-hybridized carbons (Fsp3) is 0.250. The van der Waals surface area contributed by atoms with Gasteiger partial charge in [0.25, 0.3) is 15.9 Å². The van der Waals surface area contributed by atoms with E-state index in [2.05, 4.69) is 20.3 Å². The van der Waals surface area contributed by atoms with Crippen LogP contribution in [-0.2, 0) is 30.0 Å². The zero-order valence-corrected chi connectivity index (χ0v) is 19.9. The van der Waals surface area contributed by atoms with Crippen molar-refractivity contribution in [2.24, 2.45) is 7.05 Å². The van der Waals surface area contributed by atoms with Crippen LogP contribution >= 0.6 is 0 Å². The second-order valence-corrected chi connectivity index (χ2v) is 10.1. The zero-order chi connectivity index (χ0) is 24.0. The van der Waals surface area contributed by atoms with Gasteiger partial charge in [0.05, 0.1) is 16.9 Å². The number of benzene rings is 1. The van der Waals surface area contributed by atoms with Crippen molar-refractivity contribution in [2.45, 2.75) is 31.7 Å². The number of hydrogen-bond donors (Lipinski definition) is 1. The van der Waals surface area contributed by atoms with Crippen LogP contribution in [0.3, 0.4) is 0 Å². The summed E-state index contributed by atoms with van der Waals surface area (Å²) in [6, 6.07) is 10.6. The van der Waals surface area contributed by atoms with Gasteiger partial charge in [-0.15, -0.1) is 0 Å². The van der Waals surface area contributed by atoms with Crippen molar-refractivity contribution in [2.75, 3.05) is 10.8 Å². The molecule has 0 saturated carbocycles. The number of fused-ring (bicyclic) bond motifs is 2. The van der Waals surface area contributed by atoms with Crippen LogP contribution in [0.4, 0.5) is 5.69 Å². The van der Waals surface area contributed by atoms with Crippen molar-refractivity contribution in [1.29, 1.82) is 0 Å². The average molecular weight is 477 g/mol. The standard InChI is InChI=1S/C24H24N6O3S/c1-15-23(34(32,33)30-11-9-20-21(30)8-5-10-25-20)12-22(29(15)3)24(31)27-13-17-6-4-7-19-18(17)14-26-16(2)28-19/h4-8,10,12,14H,9,11,13H2,1-3H3,(H,27,31). The van der Waals surface area contributed by atoms with Crippen LogP contribution in [0.5, 0.6) is 0 Å². The van der Waals surface area contributed by atoms with Crippen LogP contribution < -0.4 is 9.62 Å². The molecular weight excluding hydrogens is 452 g/mol. The molecule has 34 heavy (non-hydrogen) atoms. The van der Waals surface area contributed by atoms with Gasteiger partial charge in [0.1, 0.15) is 16.4 Å². The molecular formula is C24H24N6O3S. The first-order valence-corrected chi connectivity index (χ1v) is 12.3. The number of pyridine rings is 1. The van der Waals surface area contributed by atoms with Crippen LogP contribution in [0.2, 0.25) is 0 Å². The Morgan fingerprint density at radius 3 is 2.79 bits per heavy atom. The fourth-order valence-electron chi connectivity index (χ4n) is 4.32. The number of carbonyl (C=O) groups is 1. The lowest BCUT2D eigenvalue weighted by atomic mass is 10.1. The summed E-state index contributed by atoms with van der Waals surface area (Å²) in [6.07, 6.45) is 3.97. The SMILES string of the molecule is Cc1ncc2c(CNC(=O)c3cc(S(=O)(=O)N4CCc5ncccc54)c(C)n3C)cccc2n1. The van der Waals surface area contributed by atoms with Crippen LogP contribution in [0.15, 0.2) is 53.7 Å². The third-order valence-electron chi connectivity index (χ3n) is 6.25. The zero-order valence-electron chi connectivity index (χ0n) is 19.1. The largest absolute Gasteiger partial charge is 0.347 e. The predicted octanol–water partition coefficient (Wildman–Crippen LogP) is 2.66. The topological polar surface area (TPSA) is 110 Å². The molecule has 0 radical (unpaired) electrons. The summed E-state index contributed by atoms with van der Waals surface area (Å²) in [5.41, 5.74) is 3.80. The highest BCUT2D eigenvalue weighted by Crippen LogP contribution is 2.33. The number of nitrogens with zero attached hydrogens (tertiary/aromatic N) is 5. The number of aromatic nitrogens is 4. The van der Waals surface area contributed by atoms with Gasteiger partial charge in [-0.3, -0.25) is 14.1 Å². The third-order valence-corrected chi connectivity index (χ3v) is 8.18. The number of rotatable bonds is 5. The maximum Gasteiger partial charge on any atom is 0.268 e. The Hall–Kier alpha value is -3.79. The smallest absolute Gasteiger partial charge is 0.268 e. The monoisotopic (exact) mass is 476 g/mol. The molecule has 10 heteroatoms. The van der Waals surface area contributed by atoms with E-state index < -0.39 is 10.0 Å². The molecule has 4 heterocycles. The van der Waals surface area contributed by atoms with E-state index in [9.17, 15) is 13.2 Å². The number of sulfonamides is 1. The highest BCUT2D eigenvalue weighted by atomic mass is 32.2. The summed E-state index contributed by atoms with van der Waals surface area (Å²) >= 11 is 0. The summed E-state index contributed by atoms with van der Waals surface area (Å²) in [4.78, 5) is 26.1. The molecule has 4 aromatic rings. The summed E-state index contributed by atoms with van der Waals surface area (Å²) in [7, 11) is -2.15. The van der Waals surface area contributed by atoms with Gasteiger partial charge < -0.3 is 9.88 Å². The Morgan fingerprint density at radius 1 is 1.15 bits per heavy atom. The minimum absolute atomic E-state index is 0.117. The molecule has 3 aromatic heterocycles. The molecule has 0 spiro atoms. The second kappa shape index (κ2) is 8.21. The van der Waals surface area contributed by atoms with Gasteiger partial charge in [-0.25, -0.2) is 18.4 Å². The van der Waals surface area contributed by atoms with Gasteiger partial charge in [0, 0.05) is 50.0 Å². The molecule has 0 fully saturated rings. The molecule has 9 nitrogen and oxygen atoms in total. The minimum Gasteiger partial charge on any atom is -0.347 e. The summed E-state index contributed by atoms with van der Waals surface area (Å²) in [6.45, 7) is 4.12. The van der Waals surface area contributed by atoms with E-state index in [1.165, 1.54) is 10.4 Å². The molecule has 0 bridgehead atoms. The normalized spacial score (nSPS) is 13.3. The lowest BCUT2D eigenvalue weighted by Crippen LogP contribution is -2.29. The van der Waals surface area contributed by atoms with E-state index in [4.69, 9.17) is 0 Å². The minimum atomic E-state index is -3.84. The first kappa shape index (κ1) is 22.0. The van der Waals surface area contributed by atoms with Crippen molar-refractivity contribution >= 4 is 32.5 Å².